The molecular weight excluding hydrogens is 230 g/mol. The van der Waals surface area contributed by atoms with Crippen LogP contribution >= 0.6 is 0 Å². The molecule has 0 aliphatic carbocycles. The summed E-state index contributed by atoms with van der Waals surface area (Å²) in [6.45, 7) is 4.22. The average molecular weight is 251 g/mol. The molecule has 1 unspecified atom stereocenters. The van der Waals surface area contributed by atoms with Gasteiger partial charge >= 0.3 is 0 Å². The molecule has 0 bridgehead atoms. The van der Waals surface area contributed by atoms with E-state index in [-0.39, 0.29) is 12.5 Å². The van der Waals surface area contributed by atoms with E-state index in [1.165, 1.54) is 0 Å². The Labute approximate surface area is 108 Å². The van der Waals surface area contributed by atoms with E-state index in [1.54, 1.807) is 20.1 Å². The molecule has 0 fully saturated rings. The molecular formula is C14H21NO3. The zero-order chi connectivity index (χ0) is 13.6. The van der Waals surface area contributed by atoms with Crippen molar-refractivity contribution in [1.82, 2.24) is 5.32 Å². The minimum Gasteiger partial charge on any atom is -0.388 e. The number of carbonyl (C=O) groups is 1. The molecule has 1 amide bonds. The number of amides is 1. The first-order chi connectivity index (χ1) is 8.50. The number of carbonyl (C=O) groups excluding carboxylic acids is 1. The van der Waals surface area contributed by atoms with Gasteiger partial charge in [-0.3, -0.25) is 4.79 Å². The van der Waals surface area contributed by atoms with Gasteiger partial charge in [-0.25, -0.2) is 0 Å². The maximum Gasteiger partial charge on any atom is 0.251 e. The van der Waals surface area contributed by atoms with Crippen LogP contribution in [0.1, 0.15) is 36.2 Å². The Morgan fingerprint density at radius 1 is 1.44 bits per heavy atom. The summed E-state index contributed by atoms with van der Waals surface area (Å²) >= 11 is 0. The molecule has 4 nitrogen and oxygen atoms in total. The second-order valence-corrected chi connectivity index (χ2v) is 4.62. The van der Waals surface area contributed by atoms with E-state index >= 15 is 0 Å². The first-order valence-electron chi connectivity index (χ1n) is 6.07. The number of hydrogen-bond donors (Lipinski definition) is 2. The Morgan fingerprint density at radius 3 is 2.72 bits per heavy atom. The molecule has 0 saturated heterocycles. The molecule has 2 N–H and O–H groups in total. The molecule has 0 aliphatic heterocycles. The van der Waals surface area contributed by atoms with Crippen molar-refractivity contribution in [3.63, 3.8) is 0 Å². The highest BCUT2D eigenvalue weighted by Crippen LogP contribution is 2.11. The number of benzene rings is 1. The second-order valence-electron chi connectivity index (χ2n) is 4.62. The maximum atomic E-state index is 12.0. The normalized spacial score (nSPS) is 14.0. The third-order valence-electron chi connectivity index (χ3n) is 2.95. The summed E-state index contributed by atoms with van der Waals surface area (Å²) in [6, 6.07) is 7.29. The van der Waals surface area contributed by atoms with Gasteiger partial charge in [-0.15, -0.1) is 0 Å². The lowest BCUT2D eigenvalue weighted by molar-refractivity contribution is 0.0517. The maximum absolute atomic E-state index is 12.0. The van der Waals surface area contributed by atoms with Crippen molar-refractivity contribution in [2.24, 2.45) is 0 Å². The predicted octanol–water partition coefficient (Wildman–Crippen LogP) is 1.72. The number of hydrogen-bond acceptors (Lipinski definition) is 3. The Balaban J connectivity index is 2.72. The smallest absolute Gasteiger partial charge is 0.251 e. The monoisotopic (exact) mass is 251 g/mol. The summed E-state index contributed by atoms with van der Waals surface area (Å²) in [5.41, 5.74) is 0.561. The Bertz CT molecular complexity index is 402. The van der Waals surface area contributed by atoms with Crippen LogP contribution in [-0.2, 0) is 11.3 Å². The van der Waals surface area contributed by atoms with Crippen molar-refractivity contribution in [2.45, 2.75) is 32.5 Å². The van der Waals surface area contributed by atoms with Crippen LogP contribution < -0.4 is 5.32 Å². The highest BCUT2D eigenvalue weighted by atomic mass is 16.5. The van der Waals surface area contributed by atoms with Crippen LogP contribution in [0.3, 0.4) is 0 Å². The average Bonchev–Trinajstić information content (AvgIpc) is 2.37. The van der Waals surface area contributed by atoms with Crippen LogP contribution in [0.4, 0.5) is 0 Å². The van der Waals surface area contributed by atoms with E-state index in [9.17, 15) is 9.90 Å². The molecule has 0 spiro atoms. The van der Waals surface area contributed by atoms with E-state index in [0.717, 1.165) is 5.56 Å². The molecule has 1 atom stereocenters. The molecule has 1 aromatic carbocycles. The zero-order valence-corrected chi connectivity index (χ0v) is 11.2. The van der Waals surface area contributed by atoms with Gasteiger partial charge in [-0.05, 0) is 25.0 Å². The highest BCUT2D eigenvalue weighted by Gasteiger charge is 2.19. The largest absolute Gasteiger partial charge is 0.388 e. The standard InChI is InChI=1S/C14H21NO3/c1-4-14(2,17)10-15-13(16)12-8-6-5-7-11(12)9-18-3/h5-8,17H,4,9-10H2,1-3H3,(H,15,16). The van der Waals surface area contributed by atoms with Crippen molar-refractivity contribution < 1.29 is 14.6 Å². The van der Waals surface area contributed by atoms with E-state index in [2.05, 4.69) is 5.32 Å². The van der Waals surface area contributed by atoms with E-state index in [0.29, 0.717) is 18.6 Å². The van der Waals surface area contributed by atoms with Gasteiger partial charge < -0.3 is 15.2 Å². The summed E-state index contributed by atoms with van der Waals surface area (Å²) < 4.78 is 5.06. The van der Waals surface area contributed by atoms with Crippen molar-refractivity contribution in [2.75, 3.05) is 13.7 Å². The van der Waals surface area contributed by atoms with Gasteiger partial charge in [0.1, 0.15) is 0 Å². The quantitative estimate of drug-likeness (QED) is 0.809. The number of ether oxygens (including phenoxy) is 1. The topological polar surface area (TPSA) is 58.6 Å². The summed E-state index contributed by atoms with van der Waals surface area (Å²) in [4.78, 5) is 12.0. The van der Waals surface area contributed by atoms with Gasteiger partial charge in [-0.1, -0.05) is 25.1 Å². The predicted molar refractivity (Wildman–Crippen MR) is 70.4 cm³/mol. The highest BCUT2D eigenvalue weighted by molar-refractivity contribution is 5.95. The van der Waals surface area contributed by atoms with Crippen LogP contribution in [0.5, 0.6) is 0 Å². The van der Waals surface area contributed by atoms with Crippen molar-refractivity contribution in [3.05, 3.63) is 35.4 Å². The fourth-order valence-electron chi connectivity index (χ4n) is 1.51. The second kappa shape index (κ2) is 6.52. The minimum absolute atomic E-state index is 0.184. The first-order valence-corrected chi connectivity index (χ1v) is 6.07. The van der Waals surface area contributed by atoms with E-state index in [1.807, 2.05) is 25.1 Å². The van der Waals surface area contributed by atoms with E-state index < -0.39 is 5.60 Å². The van der Waals surface area contributed by atoms with Crippen LogP contribution in [0, 0.1) is 0 Å². The lowest BCUT2D eigenvalue weighted by Gasteiger charge is -2.21. The van der Waals surface area contributed by atoms with Crippen LogP contribution in [-0.4, -0.2) is 30.3 Å². The summed E-state index contributed by atoms with van der Waals surface area (Å²) in [5.74, 6) is -0.184. The van der Waals surface area contributed by atoms with Crippen molar-refractivity contribution >= 4 is 5.91 Å². The molecule has 4 heteroatoms. The SMILES string of the molecule is CCC(C)(O)CNC(=O)c1ccccc1COC. The van der Waals surface area contributed by atoms with Gasteiger partial charge in [-0.2, -0.15) is 0 Å². The lowest BCUT2D eigenvalue weighted by Crippen LogP contribution is -2.40. The van der Waals surface area contributed by atoms with Crippen molar-refractivity contribution in [1.29, 1.82) is 0 Å². The Hall–Kier alpha value is -1.39. The number of nitrogens with one attached hydrogen (secondary N) is 1. The lowest BCUT2D eigenvalue weighted by atomic mass is 10.0. The van der Waals surface area contributed by atoms with Gasteiger partial charge in [0.15, 0.2) is 0 Å². The van der Waals surface area contributed by atoms with Crippen molar-refractivity contribution in [3.8, 4) is 0 Å². The Kier molecular flexibility index (Phi) is 5.31. The van der Waals surface area contributed by atoms with Crippen LogP contribution in [0.2, 0.25) is 0 Å². The molecule has 1 aromatic rings. The number of methoxy groups -OCH3 is 1. The molecule has 0 aliphatic rings. The number of rotatable bonds is 6. The molecule has 18 heavy (non-hydrogen) atoms. The molecule has 0 saturated carbocycles. The van der Waals surface area contributed by atoms with E-state index in [4.69, 9.17) is 4.74 Å². The zero-order valence-electron chi connectivity index (χ0n) is 11.2. The molecule has 100 valence electrons. The molecule has 0 aromatic heterocycles. The third-order valence-corrected chi connectivity index (χ3v) is 2.95. The molecule has 1 rings (SSSR count). The minimum atomic E-state index is -0.869. The summed E-state index contributed by atoms with van der Waals surface area (Å²) in [7, 11) is 1.59. The van der Waals surface area contributed by atoms with Gasteiger partial charge in [0, 0.05) is 19.2 Å². The van der Waals surface area contributed by atoms with Crippen LogP contribution in [0.25, 0.3) is 0 Å². The molecule has 0 radical (unpaired) electrons. The first kappa shape index (κ1) is 14.7. The summed E-state index contributed by atoms with van der Waals surface area (Å²) in [5, 5.41) is 12.6. The van der Waals surface area contributed by atoms with Gasteiger partial charge in [0.05, 0.1) is 12.2 Å². The van der Waals surface area contributed by atoms with Gasteiger partial charge in [0.25, 0.3) is 5.91 Å². The number of aliphatic hydroxyl groups is 1. The van der Waals surface area contributed by atoms with Crippen LogP contribution in [0.15, 0.2) is 24.3 Å². The fraction of sp³-hybridized carbons (Fsp3) is 0.500. The van der Waals surface area contributed by atoms with Gasteiger partial charge in [0.2, 0.25) is 0 Å². The fourth-order valence-corrected chi connectivity index (χ4v) is 1.51. The third kappa shape index (κ3) is 4.13. The summed E-state index contributed by atoms with van der Waals surface area (Å²) in [6.07, 6.45) is 0.590. The molecule has 0 heterocycles. The Morgan fingerprint density at radius 2 is 2.11 bits per heavy atom.